The molecular formula is C48H96. The SMILES string of the molecule is CC(C)(C)C1CC1.CC(C)C1CCC(C(C)(C)C)CC1.CC(C)C1CCC(C)(C)CC1.CC(C)C1CCCC1.CC(C)C1CCCCC1. The van der Waals surface area contributed by atoms with Gasteiger partial charge in [0.1, 0.15) is 0 Å². The second-order valence-electron chi connectivity index (χ2n) is 22.0. The molecule has 0 atom stereocenters. The minimum absolute atomic E-state index is 0.544. The van der Waals surface area contributed by atoms with E-state index in [0.717, 1.165) is 59.2 Å². The first-order valence-electron chi connectivity index (χ1n) is 22.1. The molecule has 0 spiro atoms. The molecule has 48 heavy (non-hydrogen) atoms. The van der Waals surface area contributed by atoms with Crippen molar-refractivity contribution in [2.75, 3.05) is 0 Å². The molecule has 0 N–H and O–H groups in total. The third-order valence-corrected chi connectivity index (χ3v) is 14.0. The molecule has 5 rings (SSSR count). The molecule has 0 heterocycles. The maximum Gasteiger partial charge on any atom is -0.0354 e. The molecule has 0 amide bonds. The molecule has 0 nitrogen and oxygen atoms in total. The fraction of sp³-hybridized carbons (Fsp3) is 1.00. The molecule has 5 aliphatic carbocycles. The minimum Gasteiger partial charge on any atom is -0.0625 e. The summed E-state index contributed by atoms with van der Waals surface area (Å²) < 4.78 is 0. The average Bonchev–Trinajstić information content (AvgIpc) is 3.73. The van der Waals surface area contributed by atoms with Gasteiger partial charge in [-0.05, 0) is 140 Å². The summed E-state index contributed by atoms with van der Waals surface area (Å²) in [4.78, 5) is 0. The monoisotopic (exact) mass is 673 g/mol. The normalized spacial score (nSPS) is 25.8. The van der Waals surface area contributed by atoms with Crippen molar-refractivity contribution in [2.45, 2.75) is 233 Å². The second kappa shape index (κ2) is 22.2. The highest BCUT2D eigenvalue weighted by Gasteiger charge is 2.33. The lowest BCUT2D eigenvalue weighted by molar-refractivity contribution is 0.132. The number of hydrogen-bond donors (Lipinski definition) is 0. The molecule has 0 aromatic rings. The Kier molecular flexibility index (Phi) is 21.2. The van der Waals surface area contributed by atoms with Crippen LogP contribution in [0, 0.1) is 75.4 Å². The lowest BCUT2D eigenvalue weighted by atomic mass is 9.68. The first-order valence-corrected chi connectivity index (χ1v) is 22.1. The van der Waals surface area contributed by atoms with E-state index in [1.807, 2.05) is 0 Å². The third kappa shape index (κ3) is 20.1. The van der Waals surface area contributed by atoms with Gasteiger partial charge in [-0.15, -0.1) is 0 Å². The average molecular weight is 673 g/mol. The van der Waals surface area contributed by atoms with Crippen LogP contribution in [0.5, 0.6) is 0 Å². The van der Waals surface area contributed by atoms with Crippen molar-refractivity contribution in [1.82, 2.24) is 0 Å². The van der Waals surface area contributed by atoms with E-state index >= 15 is 0 Å². The molecule has 5 fully saturated rings. The van der Waals surface area contributed by atoms with Crippen LogP contribution in [0.25, 0.3) is 0 Å². The topological polar surface area (TPSA) is 0 Å². The van der Waals surface area contributed by atoms with E-state index < -0.39 is 0 Å². The minimum atomic E-state index is 0.544. The van der Waals surface area contributed by atoms with Crippen molar-refractivity contribution >= 4 is 0 Å². The fourth-order valence-electron chi connectivity index (χ4n) is 9.11. The first-order chi connectivity index (χ1) is 22.1. The lowest BCUT2D eigenvalue weighted by Gasteiger charge is -2.38. The number of hydrogen-bond acceptors (Lipinski definition) is 0. The molecule has 0 saturated heterocycles. The highest BCUT2D eigenvalue weighted by molar-refractivity contribution is 4.84. The number of rotatable bonds is 4. The van der Waals surface area contributed by atoms with Crippen LogP contribution in [0.4, 0.5) is 0 Å². The third-order valence-electron chi connectivity index (χ3n) is 14.0. The fourth-order valence-corrected chi connectivity index (χ4v) is 9.11. The molecule has 288 valence electrons. The van der Waals surface area contributed by atoms with Gasteiger partial charge in [-0.25, -0.2) is 0 Å². The highest BCUT2D eigenvalue weighted by Crippen LogP contribution is 2.45. The molecule has 5 saturated carbocycles. The zero-order chi connectivity index (χ0) is 36.7. The van der Waals surface area contributed by atoms with Crippen LogP contribution >= 0.6 is 0 Å². The Labute approximate surface area is 307 Å². The molecule has 0 unspecified atom stereocenters. The quantitative estimate of drug-likeness (QED) is 0.279. The van der Waals surface area contributed by atoms with Crippen LogP contribution in [0.15, 0.2) is 0 Å². The van der Waals surface area contributed by atoms with E-state index in [2.05, 4.69) is 111 Å². The predicted octanol–water partition coefficient (Wildman–Crippen LogP) is 16.9. The molecule has 0 aliphatic heterocycles. The Balaban J connectivity index is 0.000000305. The summed E-state index contributed by atoms with van der Waals surface area (Å²) in [7, 11) is 0. The summed E-state index contributed by atoms with van der Waals surface area (Å²) in [6, 6.07) is 0. The Bertz CT molecular complexity index is 748. The van der Waals surface area contributed by atoms with Crippen molar-refractivity contribution < 1.29 is 0 Å². The summed E-state index contributed by atoms with van der Waals surface area (Å²) in [5, 5.41) is 0. The van der Waals surface area contributed by atoms with Gasteiger partial charge in [0, 0.05) is 0 Å². The van der Waals surface area contributed by atoms with E-state index in [4.69, 9.17) is 0 Å². The molecule has 5 aliphatic rings. The largest absolute Gasteiger partial charge is 0.0625 e. The Morgan fingerprint density at radius 1 is 0.354 bits per heavy atom. The van der Waals surface area contributed by atoms with Crippen LogP contribution in [-0.4, -0.2) is 0 Å². The van der Waals surface area contributed by atoms with Gasteiger partial charge in [-0.2, -0.15) is 0 Å². The molecular weight excluding hydrogens is 577 g/mol. The van der Waals surface area contributed by atoms with E-state index in [9.17, 15) is 0 Å². The maximum absolute atomic E-state index is 2.41. The van der Waals surface area contributed by atoms with Crippen molar-refractivity contribution in [3.05, 3.63) is 0 Å². The molecule has 0 aromatic heterocycles. The van der Waals surface area contributed by atoms with E-state index in [-0.39, 0.29) is 0 Å². The zero-order valence-electron chi connectivity index (χ0n) is 36.7. The summed E-state index contributed by atoms with van der Waals surface area (Å²) >= 11 is 0. The van der Waals surface area contributed by atoms with Crippen LogP contribution < -0.4 is 0 Å². The first kappa shape index (κ1) is 46.0. The summed E-state index contributed by atoms with van der Waals surface area (Å²) in [5.41, 5.74) is 1.80. The van der Waals surface area contributed by atoms with Crippen molar-refractivity contribution in [2.24, 2.45) is 75.4 Å². The van der Waals surface area contributed by atoms with Crippen LogP contribution in [0.3, 0.4) is 0 Å². The summed E-state index contributed by atoms with van der Waals surface area (Å²) in [5.74, 6) is 9.86. The van der Waals surface area contributed by atoms with Gasteiger partial charge in [0.15, 0.2) is 0 Å². The van der Waals surface area contributed by atoms with E-state index in [1.165, 1.54) is 122 Å². The zero-order valence-corrected chi connectivity index (χ0v) is 36.7. The Morgan fingerprint density at radius 2 is 0.604 bits per heavy atom. The molecule has 0 heteroatoms. The van der Waals surface area contributed by atoms with E-state index in [0.29, 0.717) is 16.2 Å². The van der Waals surface area contributed by atoms with Gasteiger partial charge in [0.05, 0.1) is 0 Å². The Morgan fingerprint density at radius 3 is 0.854 bits per heavy atom. The van der Waals surface area contributed by atoms with Gasteiger partial charge < -0.3 is 0 Å². The van der Waals surface area contributed by atoms with Gasteiger partial charge in [-0.3, -0.25) is 0 Å². The maximum atomic E-state index is 2.41. The van der Waals surface area contributed by atoms with Crippen LogP contribution in [-0.2, 0) is 0 Å². The van der Waals surface area contributed by atoms with Gasteiger partial charge in [-0.1, -0.05) is 169 Å². The van der Waals surface area contributed by atoms with E-state index in [1.54, 1.807) is 0 Å². The molecule has 0 bridgehead atoms. The van der Waals surface area contributed by atoms with Crippen LogP contribution in [0.2, 0.25) is 0 Å². The summed E-state index contributed by atoms with van der Waals surface area (Å²) in [6.07, 6.45) is 28.1. The van der Waals surface area contributed by atoms with Gasteiger partial charge in [0.25, 0.3) is 0 Å². The van der Waals surface area contributed by atoms with Crippen molar-refractivity contribution in [3.63, 3.8) is 0 Å². The predicted molar refractivity (Wildman–Crippen MR) is 221 cm³/mol. The standard InChI is InChI=1S/C13H26.C11H22.C9H18.C8H16.C7H14/c1-10(2)11-6-8-12(9-7-11)13(3,4)5;1-9(2)10-5-7-11(3,4)8-6-10;1-8(2)9-6-4-3-5-7-9;1-7(2)8-5-3-4-6-8;1-7(2,3)6-4-5-6/h10-12H,6-9H2,1-5H3;9-10H,5-8H2,1-4H3;8-9H,3-7H2,1-2H3;7-8H,3-6H2,1-2H3;6H,4-5H2,1-3H3. The smallest absolute Gasteiger partial charge is 0.0354 e. The Hall–Kier alpha value is 0. The van der Waals surface area contributed by atoms with Gasteiger partial charge >= 0.3 is 0 Å². The molecule has 0 aromatic carbocycles. The van der Waals surface area contributed by atoms with Crippen molar-refractivity contribution in [1.29, 1.82) is 0 Å². The second-order valence-corrected chi connectivity index (χ2v) is 22.0. The molecule has 0 radical (unpaired) electrons. The van der Waals surface area contributed by atoms with Gasteiger partial charge in [0.2, 0.25) is 0 Å². The van der Waals surface area contributed by atoms with Crippen LogP contribution in [0.1, 0.15) is 233 Å². The highest BCUT2D eigenvalue weighted by atomic mass is 14.4. The summed E-state index contributed by atoms with van der Waals surface area (Å²) in [6.45, 7) is 37.9. The van der Waals surface area contributed by atoms with Crippen molar-refractivity contribution in [3.8, 4) is 0 Å². The lowest BCUT2D eigenvalue weighted by Crippen LogP contribution is -2.27.